The maximum absolute atomic E-state index is 10.7. The smallest absolute Gasteiger partial charge is 0.405 e. The fourth-order valence-electron chi connectivity index (χ4n) is 1.51. The minimum atomic E-state index is -0.693. The molecule has 0 atom stereocenters. The van der Waals surface area contributed by atoms with E-state index >= 15 is 0 Å². The Morgan fingerprint density at radius 3 is 2.36 bits per heavy atom. The van der Waals surface area contributed by atoms with Gasteiger partial charge in [0.1, 0.15) is 5.60 Å². The highest BCUT2D eigenvalue weighted by atomic mass is 127. The number of carbonyl (C=O) groups excluding carboxylic acids is 1. The lowest BCUT2D eigenvalue weighted by molar-refractivity contribution is 0.0899. The van der Waals surface area contributed by atoms with Gasteiger partial charge in [0.15, 0.2) is 0 Å². The van der Waals surface area contributed by atoms with Crippen LogP contribution in [0, 0.1) is 3.57 Å². The molecule has 0 saturated heterocycles. The standard InChI is InChI=1S/C10H10INO2/c11-8-3-1-7(2-4-8)10(5-6-10)14-9(12)13/h1-4H,5-6H2,(H2,12,13). The predicted octanol–water partition coefficient (Wildman–Crippen LogP) is 2.38. The van der Waals surface area contributed by atoms with Crippen molar-refractivity contribution in [2.24, 2.45) is 5.73 Å². The lowest BCUT2D eigenvalue weighted by Crippen LogP contribution is -2.22. The molecule has 1 fully saturated rings. The van der Waals surface area contributed by atoms with Crippen molar-refractivity contribution in [1.29, 1.82) is 0 Å². The number of halogens is 1. The first-order valence-corrected chi connectivity index (χ1v) is 5.45. The van der Waals surface area contributed by atoms with Crippen LogP contribution >= 0.6 is 22.6 Å². The van der Waals surface area contributed by atoms with Gasteiger partial charge in [-0.25, -0.2) is 4.79 Å². The maximum Gasteiger partial charge on any atom is 0.405 e. The largest absolute Gasteiger partial charge is 0.438 e. The third-order valence-electron chi connectivity index (χ3n) is 2.37. The SMILES string of the molecule is NC(=O)OC1(c2ccc(I)cc2)CC1. The number of rotatable bonds is 2. The summed E-state index contributed by atoms with van der Waals surface area (Å²) >= 11 is 2.24. The fraction of sp³-hybridized carbons (Fsp3) is 0.300. The van der Waals surface area contributed by atoms with Gasteiger partial charge in [-0.2, -0.15) is 0 Å². The molecule has 2 N–H and O–H groups in total. The summed E-state index contributed by atoms with van der Waals surface area (Å²) in [5.74, 6) is 0. The quantitative estimate of drug-likeness (QED) is 0.853. The predicted molar refractivity (Wildman–Crippen MR) is 60.7 cm³/mol. The number of hydrogen-bond acceptors (Lipinski definition) is 2. The van der Waals surface area contributed by atoms with Crippen molar-refractivity contribution < 1.29 is 9.53 Å². The van der Waals surface area contributed by atoms with E-state index in [2.05, 4.69) is 22.6 Å². The second kappa shape index (κ2) is 3.42. The Bertz CT molecular complexity index is 357. The monoisotopic (exact) mass is 303 g/mol. The third kappa shape index (κ3) is 1.84. The van der Waals surface area contributed by atoms with E-state index in [0.29, 0.717) is 0 Å². The van der Waals surface area contributed by atoms with E-state index in [1.165, 1.54) is 3.57 Å². The molecule has 3 nitrogen and oxygen atoms in total. The van der Waals surface area contributed by atoms with Crippen molar-refractivity contribution in [2.75, 3.05) is 0 Å². The lowest BCUT2D eigenvalue weighted by atomic mass is 10.1. The van der Waals surface area contributed by atoms with Gasteiger partial charge >= 0.3 is 6.09 Å². The minimum absolute atomic E-state index is 0.420. The molecule has 0 spiro atoms. The number of nitrogens with two attached hydrogens (primary N) is 1. The molecule has 0 aromatic heterocycles. The van der Waals surface area contributed by atoms with Gasteiger partial charge < -0.3 is 10.5 Å². The molecule has 0 radical (unpaired) electrons. The second-order valence-electron chi connectivity index (χ2n) is 3.42. The fourth-order valence-corrected chi connectivity index (χ4v) is 1.87. The number of ether oxygens (including phenoxy) is 1. The van der Waals surface area contributed by atoms with Gasteiger partial charge in [0.25, 0.3) is 0 Å². The van der Waals surface area contributed by atoms with Crippen molar-refractivity contribution in [3.8, 4) is 0 Å². The molecule has 0 aliphatic heterocycles. The van der Waals surface area contributed by atoms with E-state index < -0.39 is 11.7 Å². The normalized spacial score (nSPS) is 17.5. The highest BCUT2D eigenvalue weighted by Gasteiger charge is 2.48. The van der Waals surface area contributed by atoms with E-state index in [1.807, 2.05) is 24.3 Å². The van der Waals surface area contributed by atoms with Gasteiger partial charge in [0, 0.05) is 3.57 Å². The molecule has 1 saturated carbocycles. The van der Waals surface area contributed by atoms with Crippen molar-refractivity contribution in [3.05, 3.63) is 33.4 Å². The average molecular weight is 303 g/mol. The van der Waals surface area contributed by atoms with E-state index in [4.69, 9.17) is 10.5 Å². The summed E-state index contributed by atoms with van der Waals surface area (Å²) in [7, 11) is 0. The molecular formula is C10H10INO2. The third-order valence-corrected chi connectivity index (χ3v) is 3.09. The topological polar surface area (TPSA) is 52.3 Å². The first-order chi connectivity index (χ1) is 6.62. The first kappa shape index (κ1) is 9.76. The molecule has 0 heterocycles. The van der Waals surface area contributed by atoms with Crippen molar-refractivity contribution in [3.63, 3.8) is 0 Å². The van der Waals surface area contributed by atoms with Gasteiger partial charge in [-0.1, -0.05) is 12.1 Å². The zero-order chi connectivity index (χ0) is 10.2. The van der Waals surface area contributed by atoms with Crippen LogP contribution in [0.2, 0.25) is 0 Å². The highest BCUT2D eigenvalue weighted by Crippen LogP contribution is 2.49. The van der Waals surface area contributed by atoms with Crippen LogP contribution in [-0.2, 0) is 10.3 Å². The van der Waals surface area contributed by atoms with E-state index in [9.17, 15) is 4.79 Å². The summed E-state index contributed by atoms with van der Waals surface area (Å²) in [6, 6.07) is 7.97. The lowest BCUT2D eigenvalue weighted by Gasteiger charge is -2.15. The van der Waals surface area contributed by atoms with Gasteiger partial charge in [0.2, 0.25) is 0 Å². The van der Waals surface area contributed by atoms with Crippen LogP contribution in [0.3, 0.4) is 0 Å². The van der Waals surface area contributed by atoms with Crippen LogP contribution in [0.1, 0.15) is 18.4 Å². The summed E-state index contributed by atoms with van der Waals surface area (Å²) in [5.41, 5.74) is 5.64. The van der Waals surface area contributed by atoms with Gasteiger partial charge in [-0.15, -0.1) is 0 Å². The van der Waals surface area contributed by atoms with E-state index in [-0.39, 0.29) is 0 Å². The Kier molecular flexibility index (Phi) is 2.38. The molecule has 2 rings (SSSR count). The summed E-state index contributed by atoms with van der Waals surface area (Å²) in [4.78, 5) is 10.7. The number of hydrogen-bond donors (Lipinski definition) is 1. The Hall–Kier alpha value is -0.780. The summed E-state index contributed by atoms with van der Waals surface area (Å²) in [5, 5.41) is 0. The highest BCUT2D eigenvalue weighted by molar-refractivity contribution is 14.1. The first-order valence-electron chi connectivity index (χ1n) is 4.37. The Labute approximate surface area is 95.8 Å². The summed E-state index contributed by atoms with van der Waals surface area (Å²) in [6.07, 6.45) is 1.05. The van der Waals surface area contributed by atoms with Crippen LogP contribution in [-0.4, -0.2) is 6.09 Å². The summed E-state index contributed by atoms with van der Waals surface area (Å²) < 4.78 is 6.28. The number of amides is 1. The molecule has 1 aromatic rings. The van der Waals surface area contributed by atoms with E-state index in [1.54, 1.807) is 0 Å². The zero-order valence-electron chi connectivity index (χ0n) is 7.50. The van der Waals surface area contributed by atoms with Crippen LogP contribution in [0.4, 0.5) is 4.79 Å². The van der Waals surface area contributed by atoms with Gasteiger partial charge in [-0.05, 0) is 53.1 Å². The molecule has 1 amide bonds. The van der Waals surface area contributed by atoms with Crippen LogP contribution in [0.25, 0.3) is 0 Å². The van der Waals surface area contributed by atoms with Crippen molar-refractivity contribution >= 4 is 28.7 Å². The number of primary amides is 1. The molecule has 0 bridgehead atoms. The summed E-state index contributed by atoms with van der Waals surface area (Å²) in [6.45, 7) is 0. The Morgan fingerprint density at radius 1 is 1.36 bits per heavy atom. The minimum Gasteiger partial charge on any atom is -0.438 e. The maximum atomic E-state index is 10.7. The second-order valence-corrected chi connectivity index (χ2v) is 4.67. The number of carbonyl (C=O) groups is 1. The Balaban J connectivity index is 2.22. The molecule has 1 aliphatic carbocycles. The van der Waals surface area contributed by atoms with Crippen LogP contribution in [0.5, 0.6) is 0 Å². The molecule has 1 aromatic carbocycles. The molecule has 0 unspecified atom stereocenters. The molecule has 1 aliphatic rings. The Morgan fingerprint density at radius 2 is 1.93 bits per heavy atom. The van der Waals surface area contributed by atoms with Gasteiger partial charge in [0.05, 0.1) is 0 Å². The molecule has 74 valence electrons. The average Bonchev–Trinajstić information content (AvgIpc) is 2.85. The molecule has 4 heteroatoms. The van der Waals surface area contributed by atoms with Gasteiger partial charge in [-0.3, -0.25) is 0 Å². The van der Waals surface area contributed by atoms with Crippen molar-refractivity contribution in [2.45, 2.75) is 18.4 Å². The molecular weight excluding hydrogens is 293 g/mol. The zero-order valence-corrected chi connectivity index (χ0v) is 9.65. The van der Waals surface area contributed by atoms with E-state index in [0.717, 1.165) is 18.4 Å². The van der Waals surface area contributed by atoms with Crippen LogP contribution in [0.15, 0.2) is 24.3 Å². The molecule has 14 heavy (non-hydrogen) atoms. The van der Waals surface area contributed by atoms with Crippen LogP contribution < -0.4 is 5.73 Å². The van der Waals surface area contributed by atoms with Crippen molar-refractivity contribution in [1.82, 2.24) is 0 Å². The number of benzene rings is 1.